The molecule has 1 aromatic carbocycles. The Hall–Kier alpha value is -1.02. The van der Waals surface area contributed by atoms with Crippen LogP contribution in [0.3, 0.4) is 0 Å². The number of anilines is 1. The molecule has 0 saturated carbocycles. The highest BCUT2D eigenvalue weighted by Crippen LogP contribution is 2.27. The van der Waals surface area contributed by atoms with E-state index in [1.54, 1.807) is 0 Å². The predicted molar refractivity (Wildman–Crippen MR) is 79.4 cm³/mol. The number of para-hydroxylation sites is 1. The van der Waals surface area contributed by atoms with Crippen molar-refractivity contribution in [2.45, 2.75) is 33.6 Å². The fourth-order valence-electron chi connectivity index (χ4n) is 2.94. The zero-order chi connectivity index (χ0) is 13.0. The zero-order valence-corrected chi connectivity index (χ0v) is 12.0. The minimum atomic E-state index is 0.717. The van der Waals surface area contributed by atoms with Gasteiger partial charge in [-0.3, -0.25) is 0 Å². The lowest BCUT2D eigenvalue weighted by Gasteiger charge is -2.33. The Morgan fingerprint density at radius 1 is 1.39 bits per heavy atom. The SMILES string of the molecule is CCc1cccc(C)c1N1CCCNCC(C)C1. The van der Waals surface area contributed by atoms with Crippen molar-refractivity contribution < 1.29 is 0 Å². The highest BCUT2D eigenvalue weighted by atomic mass is 15.1. The molecule has 1 atom stereocenters. The van der Waals surface area contributed by atoms with E-state index < -0.39 is 0 Å². The third kappa shape index (κ3) is 3.05. The molecule has 100 valence electrons. The molecule has 1 aliphatic rings. The molecule has 18 heavy (non-hydrogen) atoms. The first-order valence-corrected chi connectivity index (χ1v) is 7.26. The minimum Gasteiger partial charge on any atom is -0.371 e. The second-order valence-electron chi connectivity index (χ2n) is 5.55. The first-order chi connectivity index (χ1) is 8.72. The van der Waals surface area contributed by atoms with Crippen LogP contribution in [0.15, 0.2) is 18.2 Å². The van der Waals surface area contributed by atoms with Gasteiger partial charge in [-0.25, -0.2) is 0 Å². The van der Waals surface area contributed by atoms with Crippen molar-refractivity contribution in [2.24, 2.45) is 5.92 Å². The lowest BCUT2D eigenvalue weighted by atomic mass is 10.0. The normalized spacial score (nSPS) is 21.5. The summed E-state index contributed by atoms with van der Waals surface area (Å²) in [6.45, 7) is 11.5. The van der Waals surface area contributed by atoms with Gasteiger partial charge in [0.1, 0.15) is 0 Å². The van der Waals surface area contributed by atoms with Crippen LogP contribution in [0.1, 0.15) is 31.4 Å². The minimum absolute atomic E-state index is 0.717. The van der Waals surface area contributed by atoms with Gasteiger partial charge in [-0.15, -0.1) is 0 Å². The second-order valence-corrected chi connectivity index (χ2v) is 5.55. The largest absolute Gasteiger partial charge is 0.371 e. The first kappa shape index (κ1) is 13.4. The number of hydrogen-bond acceptors (Lipinski definition) is 2. The number of nitrogens with one attached hydrogen (secondary N) is 1. The van der Waals surface area contributed by atoms with Gasteiger partial charge in [-0.05, 0) is 49.9 Å². The zero-order valence-electron chi connectivity index (χ0n) is 12.0. The fraction of sp³-hybridized carbons (Fsp3) is 0.625. The third-order valence-corrected chi connectivity index (χ3v) is 3.82. The molecule has 1 N–H and O–H groups in total. The summed E-state index contributed by atoms with van der Waals surface area (Å²) >= 11 is 0. The standard InChI is InChI=1S/C16H26N2/c1-4-15-8-5-7-14(3)16(15)18-10-6-9-17-11-13(2)12-18/h5,7-8,13,17H,4,6,9-12H2,1-3H3. The van der Waals surface area contributed by atoms with Crippen molar-refractivity contribution in [1.29, 1.82) is 0 Å². The molecule has 2 nitrogen and oxygen atoms in total. The van der Waals surface area contributed by atoms with Crippen LogP contribution in [0.25, 0.3) is 0 Å². The Balaban J connectivity index is 2.27. The van der Waals surface area contributed by atoms with E-state index in [2.05, 4.69) is 49.2 Å². The van der Waals surface area contributed by atoms with E-state index in [0.29, 0.717) is 0 Å². The van der Waals surface area contributed by atoms with E-state index in [0.717, 1.165) is 25.4 Å². The van der Waals surface area contributed by atoms with Crippen molar-refractivity contribution in [2.75, 3.05) is 31.1 Å². The molecular formula is C16H26N2. The smallest absolute Gasteiger partial charge is 0.0428 e. The molecule has 0 bridgehead atoms. The maximum atomic E-state index is 3.53. The second kappa shape index (κ2) is 6.24. The summed E-state index contributed by atoms with van der Waals surface area (Å²) in [5, 5.41) is 3.53. The molecule has 2 heteroatoms. The summed E-state index contributed by atoms with van der Waals surface area (Å²) in [5.74, 6) is 0.717. The predicted octanol–water partition coefficient (Wildman–Crippen LogP) is 2.99. The summed E-state index contributed by atoms with van der Waals surface area (Å²) in [5.41, 5.74) is 4.42. The number of nitrogens with zero attached hydrogens (tertiary/aromatic N) is 1. The monoisotopic (exact) mass is 246 g/mol. The number of rotatable bonds is 2. The molecule has 0 spiro atoms. The van der Waals surface area contributed by atoms with Crippen molar-refractivity contribution in [3.8, 4) is 0 Å². The van der Waals surface area contributed by atoms with Crippen LogP contribution in [-0.2, 0) is 6.42 Å². The van der Waals surface area contributed by atoms with Gasteiger partial charge in [0.25, 0.3) is 0 Å². The molecular weight excluding hydrogens is 220 g/mol. The number of aryl methyl sites for hydroxylation is 2. The quantitative estimate of drug-likeness (QED) is 0.863. The molecule has 1 saturated heterocycles. The van der Waals surface area contributed by atoms with E-state index in [1.165, 1.54) is 36.3 Å². The van der Waals surface area contributed by atoms with Gasteiger partial charge in [-0.2, -0.15) is 0 Å². The summed E-state index contributed by atoms with van der Waals surface area (Å²) < 4.78 is 0. The van der Waals surface area contributed by atoms with Crippen LogP contribution in [0, 0.1) is 12.8 Å². The lowest BCUT2D eigenvalue weighted by Crippen LogP contribution is -2.39. The molecule has 0 amide bonds. The third-order valence-electron chi connectivity index (χ3n) is 3.82. The Kier molecular flexibility index (Phi) is 4.65. The van der Waals surface area contributed by atoms with Gasteiger partial charge in [0.05, 0.1) is 0 Å². The van der Waals surface area contributed by atoms with Gasteiger partial charge in [0.15, 0.2) is 0 Å². The van der Waals surface area contributed by atoms with Crippen LogP contribution in [0.5, 0.6) is 0 Å². The topological polar surface area (TPSA) is 15.3 Å². The van der Waals surface area contributed by atoms with Gasteiger partial charge in [-0.1, -0.05) is 32.0 Å². The Labute approximate surface area is 111 Å². The average Bonchev–Trinajstić information content (AvgIpc) is 2.33. The number of hydrogen-bond donors (Lipinski definition) is 1. The first-order valence-electron chi connectivity index (χ1n) is 7.26. The Morgan fingerprint density at radius 2 is 2.22 bits per heavy atom. The Bertz CT molecular complexity index is 387. The van der Waals surface area contributed by atoms with Gasteiger partial charge >= 0.3 is 0 Å². The lowest BCUT2D eigenvalue weighted by molar-refractivity contribution is 0.467. The van der Waals surface area contributed by atoms with Crippen LogP contribution in [0.2, 0.25) is 0 Å². The molecule has 1 unspecified atom stereocenters. The molecule has 1 fully saturated rings. The van der Waals surface area contributed by atoms with Crippen LogP contribution >= 0.6 is 0 Å². The molecule has 0 aromatic heterocycles. The molecule has 1 aromatic rings. The van der Waals surface area contributed by atoms with Crippen LogP contribution in [-0.4, -0.2) is 26.2 Å². The van der Waals surface area contributed by atoms with Gasteiger partial charge in [0, 0.05) is 18.8 Å². The maximum Gasteiger partial charge on any atom is 0.0428 e. The summed E-state index contributed by atoms with van der Waals surface area (Å²) in [7, 11) is 0. The van der Waals surface area contributed by atoms with Gasteiger partial charge < -0.3 is 10.2 Å². The summed E-state index contributed by atoms with van der Waals surface area (Å²) in [4.78, 5) is 2.61. The molecule has 1 heterocycles. The van der Waals surface area contributed by atoms with Crippen LogP contribution in [0.4, 0.5) is 5.69 Å². The fourth-order valence-corrected chi connectivity index (χ4v) is 2.94. The summed E-state index contributed by atoms with van der Waals surface area (Å²) in [6.07, 6.45) is 2.37. The van der Waals surface area contributed by atoms with E-state index in [4.69, 9.17) is 0 Å². The highest BCUT2D eigenvalue weighted by molar-refractivity contribution is 5.59. The molecule has 1 aliphatic heterocycles. The average molecular weight is 246 g/mol. The van der Waals surface area contributed by atoms with E-state index in [1.807, 2.05) is 0 Å². The maximum absolute atomic E-state index is 3.53. The van der Waals surface area contributed by atoms with Gasteiger partial charge in [0.2, 0.25) is 0 Å². The van der Waals surface area contributed by atoms with E-state index >= 15 is 0 Å². The molecule has 0 aliphatic carbocycles. The molecule has 2 rings (SSSR count). The van der Waals surface area contributed by atoms with Crippen LogP contribution < -0.4 is 10.2 Å². The Morgan fingerprint density at radius 3 is 3.00 bits per heavy atom. The van der Waals surface area contributed by atoms with Crippen molar-refractivity contribution in [3.63, 3.8) is 0 Å². The van der Waals surface area contributed by atoms with Crippen molar-refractivity contribution in [1.82, 2.24) is 5.32 Å². The van der Waals surface area contributed by atoms with Crippen molar-refractivity contribution >= 4 is 5.69 Å². The highest BCUT2D eigenvalue weighted by Gasteiger charge is 2.17. The van der Waals surface area contributed by atoms with E-state index in [-0.39, 0.29) is 0 Å². The number of benzene rings is 1. The van der Waals surface area contributed by atoms with Crippen molar-refractivity contribution in [3.05, 3.63) is 29.3 Å². The molecule has 0 radical (unpaired) electrons. The summed E-state index contributed by atoms with van der Waals surface area (Å²) in [6, 6.07) is 6.72. The van der Waals surface area contributed by atoms with E-state index in [9.17, 15) is 0 Å².